The molecule has 4 aromatic carbocycles. The molecule has 0 spiro atoms. The van der Waals surface area contributed by atoms with Crippen molar-refractivity contribution in [3.63, 3.8) is 0 Å². The van der Waals surface area contributed by atoms with E-state index in [9.17, 15) is 10.2 Å². The van der Waals surface area contributed by atoms with E-state index in [1.165, 1.54) is 0 Å². The first kappa shape index (κ1) is 17.0. The van der Waals surface area contributed by atoms with Gasteiger partial charge < -0.3 is 19.8 Å². The summed E-state index contributed by atoms with van der Waals surface area (Å²) in [4.78, 5) is 3.37. The molecule has 6 rings (SSSR count). The maximum atomic E-state index is 11.0. The van der Waals surface area contributed by atoms with Gasteiger partial charge in [0.2, 0.25) is 0 Å². The molecule has 30 heavy (non-hydrogen) atoms. The number of hydrogen-bond donors (Lipinski definition) is 3. The highest BCUT2D eigenvalue weighted by atomic mass is 16.3. The molecule has 0 atom stereocenters. The molecule has 6 aromatic rings. The quantitative estimate of drug-likeness (QED) is 0.301. The number of aromatic hydroxyl groups is 2. The van der Waals surface area contributed by atoms with Gasteiger partial charge in [-0.15, -0.1) is 0 Å². The average Bonchev–Trinajstić information content (AvgIpc) is 3.26. The molecule has 0 saturated carbocycles. The van der Waals surface area contributed by atoms with Crippen LogP contribution in [0.15, 0.2) is 66.7 Å². The summed E-state index contributed by atoms with van der Waals surface area (Å²) in [6.07, 6.45) is 0. The third kappa shape index (κ3) is 2.10. The Morgan fingerprint density at radius 2 is 1.50 bits per heavy atom. The number of rotatable bonds is 1. The summed E-state index contributed by atoms with van der Waals surface area (Å²) in [5.74, 6) is 0.477. The maximum Gasteiger partial charge on any atom is 0.140 e. The third-order valence-corrected chi connectivity index (χ3v) is 6.04. The predicted octanol–water partition coefficient (Wildman–Crippen LogP) is 6.45. The number of phenolic OH excluding ortho intramolecular Hbond substituents is 2. The van der Waals surface area contributed by atoms with E-state index in [0.717, 1.165) is 54.9 Å². The molecule has 0 unspecified atom stereocenters. The molecule has 2 heterocycles. The van der Waals surface area contributed by atoms with Gasteiger partial charge >= 0.3 is 0 Å². The summed E-state index contributed by atoms with van der Waals surface area (Å²) in [7, 11) is 0. The number of aromatic amines is 1. The number of hydrogen-bond acceptors (Lipinski definition) is 2. The zero-order chi connectivity index (χ0) is 20.6. The summed E-state index contributed by atoms with van der Waals surface area (Å²) in [5, 5.41) is 25.8. The highest BCUT2D eigenvalue weighted by molar-refractivity contribution is 6.17. The van der Waals surface area contributed by atoms with E-state index in [1.54, 1.807) is 12.1 Å². The van der Waals surface area contributed by atoms with Crippen LogP contribution in [-0.4, -0.2) is 19.8 Å². The number of nitrogens with zero attached hydrogens (tertiary/aromatic N) is 1. The molecule has 0 aliphatic heterocycles. The summed E-state index contributed by atoms with van der Waals surface area (Å²) in [6, 6.07) is 22.0. The number of aryl methyl sites for hydroxylation is 2. The van der Waals surface area contributed by atoms with Gasteiger partial charge in [0.25, 0.3) is 0 Å². The zero-order valence-electron chi connectivity index (χ0n) is 16.7. The van der Waals surface area contributed by atoms with Gasteiger partial charge in [0.05, 0.1) is 22.2 Å². The van der Waals surface area contributed by atoms with Gasteiger partial charge in [0.1, 0.15) is 11.5 Å². The highest BCUT2D eigenvalue weighted by Gasteiger charge is 2.22. The lowest BCUT2D eigenvalue weighted by Crippen LogP contribution is -1.98. The van der Waals surface area contributed by atoms with Crippen LogP contribution in [0.1, 0.15) is 11.1 Å². The number of phenols is 2. The van der Waals surface area contributed by atoms with Crippen molar-refractivity contribution in [1.29, 1.82) is 0 Å². The molecular formula is C26H20N2O2. The van der Waals surface area contributed by atoms with Gasteiger partial charge in [-0.3, -0.25) is 0 Å². The monoisotopic (exact) mass is 392 g/mol. The zero-order valence-corrected chi connectivity index (χ0v) is 16.7. The lowest BCUT2D eigenvalue weighted by atomic mass is 10.0. The van der Waals surface area contributed by atoms with E-state index in [4.69, 9.17) is 0 Å². The number of fused-ring (bicyclic) bond motifs is 6. The second-order valence-electron chi connectivity index (χ2n) is 8.01. The van der Waals surface area contributed by atoms with Crippen LogP contribution >= 0.6 is 0 Å². The SMILES string of the molecule is Cc1cc(O)c2c(c1)c1ccccc1n2-c1c(C)cc(O)c2[nH]c3ccccc3c12. The minimum absolute atomic E-state index is 0.225. The Balaban J connectivity index is 1.93. The largest absolute Gasteiger partial charge is 0.506 e. The first-order valence-corrected chi connectivity index (χ1v) is 10.0. The summed E-state index contributed by atoms with van der Waals surface area (Å²) >= 11 is 0. The van der Waals surface area contributed by atoms with Crippen LogP contribution in [-0.2, 0) is 0 Å². The molecule has 3 N–H and O–H groups in total. The van der Waals surface area contributed by atoms with Crippen LogP contribution < -0.4 is 0 Å². The topological polar surface area (TPSA) is 61.2 Å². The lowest BCUT2D eigenvalue weighted by Gasteiger charge is -2.15. The summed E-state index contributed by atoms with van der Waals surface area (Å²) in [6.45, 7) is 4.00. The molecule has 0 saturated heterocycles. The Morgan fingerprint density at radius 1 is 0.767 bits per heavy atom. The van der Waals surface area contributed by atoms with Crippen LogP contribution in [0.4, 0.5) is 0 Å². The van der Waals surface area contributed by atoms with Crippen molar-refractivity contribution in [3.8, 4) is 17.2 Å². The number of para-hydroxylation sites is 2. The molecule has 0 aliphatic rings. The van der Waals surface area contributed by atoms with Gasteiger partial charge in [-0.05, 0) is 55.3 Å². The first-order chi connectivity index (χ1) is 14.5. The fraction of sp³-hybridized carbons (Fsp3) is 0.0769. The van der Waals surface area contributed by atoms with Crippen molar-refractivity contribution in [1.82, 2.24) is 9.55 Å². The molecule has 0 bridgehead atoms. The van der Waals surface area contributed by atoms with Crippen molar-refractivity contribution in [2.75, 3.05) is 0 Å². The van der Waals surface area contributed by atoms with Crippen LogP contribution in [0.3, 0.4) is 0 Å². The molecule has 146 valence electrons. The maximum absolute atomic E-state index is 11.0. The van der Waals surface area contributed by atoms with Crippen LogP contribution in [0, 0.1) is 13.8 Å². The van der Waals surface area contributed by atoms with Crippen molar-refractivity contribution in [3.05, 3.63) is 77.9 Å². The number of nitrogens with one attached hydrogen (secondary N) is 1. The van der Waals surface area contributed by atoms with E-state index in [-0.39, 0.29) is 11.5 Å². The Bertz CT molecular complexity index is 1640. The Labute approximate surface area is 172 Å². The third-order valence-electron chi connectivity index (χ3n) is 6.04. The molecule has 0 aliphatic carbocycles. The van der Waals surface area contributed by atoms with Gasteiger partial charge in [-0.2, -0.15) is 0 Å². The standard InChI is InChI=1S/C26H20N2O2/c1-14-11-18-16-7-4-6-10-20(16)28(26(18)22(30)12-14)25-15(2)13-21(29)24-23(25)17-8-3-5-9-19(17)27-24/h3-13,27,29-30H,1-2H3. The normalized spacial score (nSPS) is 11.9. The molecule has 2 aromatic heterocycles. The minimum atomic E-state index is 0.225. The van der Waals surface area contributed by atoms with Gasteiger partial charge in [-0.1, -0.05) is 36.4 Å². The van der Waals surface area contributed by atoms with E-state index in [2.05, 4.69) is 33.8 Å². The molecule has 0 radical (unpaired) electrons. The number of H-pyrrole nitrogens is 1. The molecule has 0 fully saturated rings. The second-order valence-corrected chi connectivity index (χ2v) is 8.01. The van der Waals surface area contributed by atoms with Crippen LogP contribution in [0.2, 0.25) is 0 Å². The second kappa shape index (κ2) is 5.80. The van der Waals surface area contributed by atoms with Gasteiger partial charge in [0.15, 0.2) is 0 Å². The Hall–Kier alpha value is -3.92. The van der Waals surface area contributed by atoms with Crippen molar-refractivity contribution >= 4 is 43.6 Å². The minimum Gasteiger partial charge on any atom is -0.506 e. The van der Waals surface area contributed by atoms with E-state index in [0.29, 0.717) is 5.52 Å². The molecule has 0 amide bonds. The van der Waals surface area contributed by atoms with Gasteiger partial charge in [-0.25, -0.2) is 0 Å². The molecule has 4 heteroatoms. The molecule has 4 nitrogen and oxygen atoms in total. The van der Waals surface area contributed by atoms with Crippen LogP contribution in [0.25, 0.3) is 49.3 Å². The Morgan fingerprint density at radius 3 is 2.33 bits per heavy atom. The van der Waals surface area contributed by atoms with E-state index >= 15 is 0 Å². The predicted molar refractivity (Wildman–Crippen MR) is 123 cm³/mol. The number of benzene rings is 4. The molecular weight excluding hydrogens is 372 g/mol. The van der Waals surface area contributed by atoms with Crippen LogP contribution in [0.5, 0.6) is 11.5 Å². The van der Waals surface area contributed by atoms with E-state index < -0.39 is 0 Å². The fourth-order valence-corrected chi connectivity index (χ4v) is 4.86. The highest BCUT2D eigenvalue weighted by Crippen LogP contribution is 2.43. The van der Waals surface area contributed by atoms with Crippen molar-refractivity contribution < 1.29 is 10.2 Å². The average molecular weight is 392 g/mol. The fourth-order valence-electron chi connectivity index (χ4n) is 4.86. The Kier molecular flexibility index (Phi) is 3.28. The first-order valence-electron chi connectivity index (χ1n) is 10.0. The van der Waals surface area contributed by atoms with E-state index in [1.807, 2.05) is 44.2 Å². The van der Waals surface area contributed by atoms with Crippen molar-refractivity contribution in [2.24, 2.45) is 0 Å². The number of aromatic nitrogens is 2. The summed E-state index contributed by atoms with van der Waals surface area (Å²) < 4.78 is 2.14. The summed E-state index contributed by atoms with van der Waals surface area (Å²) in [5.41, 5.74) is 6.39. The van der Waals surface area contributed by atoms with Crippen molar-refractivity contribution in [2.45, 2.75) is 13.8 Å². The van der Waals surface area contributed by atoms with Gasteiger partial charge in [0, 0.05) is 27.1 Å². The lowest BCUT2D eigenvalue weighted by molar-refractivity contribution is 0.479. The smallest absolute Gasteiger partial charge is 0.140 e.